The van der Waals surface area contributed by atoms with E-state index in [1.807, 2.05) is 0 Å². The zero-order valence-electron chi connectivity index (χ0n) is 17.9. The lowest BCUT2D eigenvalue weighted by molar-refractivity contribution is -0.166. The fourth-order valence-corrected chi connectivity index (χ4v) is 3.77. The van der Waals surface area contributed by atoms with Crippen LogP contribution < -0.4 is 0 Å². The minimum absolute atomic E-state index is 0. The predicted molar refractivity (Wildman–Crippen MR) is 121 cm³/mol. The minimum atomic E-state index is -1.58. The topological polar surface area (TPSA) is 74.6 Å². The summed E-state index contributed by atoms with van der Waals surface area (Å²) in [6.45, 7) is 4.38. The molecule has 2 N–H and O–H groups in total. The van der Waals surface area contributed by atoms with Crippen LogP contribution in [0.15, 0.2) is 0 Å². The first-order chi connectivity index (χ1) is 13.0. The van der Waals surface area contributed by atoms with E-state index in [0.717, 1.165) is 32.1 Å². The van der Waals surface area contributed by atoms with Gasteiger partial charge in [0.2, 0.25) is 0 Å². The average Bonchev–Trinajstić information content (AvgIpc) is 2.63. The summed E-state index contributed by atoms with van der Waals surface area (Å²) in [4.78, 5) is 23.5. The van der Waals surface area contributed by atoms with Crippen LogP contribution in [0.2, 0.25) is 0 Å². The lowest BCUT2D eigenvalue weighted by atomic mass is 9.78. The van der Waals surface area contributed by atoms with Crippen LogP contribution in [0.25, 0.3) is 0 Å². The molecule has 0 aromatic rings. The molecule has 0 aromatic carbocycles. The number of aliphatic carboxylic acids is 2. The summed E-state index contributed by atoms with van der Waals surface area (Å²) in [6.07, 6.45) is 18.4. The molecular weight excluding hydrogens is 365 g/mol. The molecule has 0 saturated carbocycles. The molecule has 0 radical (unpaired) electrons. The van der Waals surface area contributed by atoms with E-state index in [-0.39, 0.29) is 35.9 Å². The van der Waals surface area contributed by atoms with Gasteiger partial charge in [-0.15, -0.1) is 0 Å². The normalized spacial score (nSPS) is 11.2. The molecule has 0 atom stereocenters. The number of hydrogen-bond donors (Lipinski definition) is 2. The second-order valence-corrected chi connectivity index (χ2v) is 8.14. The van der Waals surface area contributed by atoms with Gasteiger partial charge in [0.15, 0.2) is 5.41 Å². The first-order valence-electron chi connectivity index (χ1n) is 11.5. The van der Waals surface area contributed by atoms with E-state index in [4.69, 9.17) is 0 Å². The fraction of sp³-hybridized carbons (Fsp3) is 0.913. The van der Waals surface area contributed by atoms with Gasteiger partial charge in [0.25, 0.3) is 0 Å². The molecule has 0 bridgehead atoms. The maximum absolute atomic E-state index is 11.7. The number of carbonyl (C=O) groups is 2. The van der Waals surface area contributed by atoms with E-state index in [1.165, 1.54) is 57.8 Å². The van der Waals surface area contributed by atoms with Crippen LogP contribution in [-0.2, 0) is 9.59 Å². The molecule has 0 aliphatic heterocycles. The molecule has 0 aliphatic rings. The quantitative estimate of drug-likeness (QED) is 0.140. The van der Waals surface area contributed by atoms with E-state index in [9.17, 15) is 19.8 Å². The Labute approximate surface area is 189 Å². The minimum Gasteiger partial charge on any atom is -0.480 e. The Hall–Kier alpha value is -0.294. The van der Waals surface area contributed by atoms with Gasteiger partial charge in [-0.25, -0.2) is 0 Å². The Morgan fingerprint density at radius 2 is 0.786 bits per heavy atom. The third kappa shape index (κ3) is 13.8. The van der Waals surface area contributed by atoms with Crippen molar-refractivity contribution in [3.8, 4) is 0 Å². The van der Waals surface area contributed by atoms with E-state index in [0.29, 0.717) is 12.8 Å². The summed E-state index contributed by atoms with van der Waals surface area (Å²) < 4.78 is 0. The van der Waals surface area contributed by atoms with Crippen molar-refractivity contribution in [2.24, 2.45) is 5.41 Å². The van der Waals surface area contributed by atoms with Gasteiger partial charge in [-0.1, -0.05) is 117 Å². The zero-order chi connectivity index (χ0) is 20.4. The van der Waals surface area contributed by atoms with Crippen molar-refractivity contribution in [1.29, 1.82) is 0 Å². The van der Waals surface area contributed by atoms with Crippen molar-refractivity contribution in [2.75, 3.05) is 0 Å². The van der Waals surface area contributed by atoms with E-state index in [2.05, 4.69) is 13.8 Å². The van der Waals surface area contributed by atoms with Gasteiger partial charge in [-0.3, -0.25) is 9.59 Å². The highest BCUT2D eigenvalue weighted by Crippen LogP contribution is 2.33. The largest absolute Gasteiger partial charge is 0.480 e. The van der Waals surface area contributed by atoms with Crippen molar-refractivity contribution in [2.45, 2.75) is 129 Å². The van der Waals surface area contributed by atoms with Crippen molar-refractivity contribution in [3.63, 3.8) is 0 Å². The van der Waals surface area contributed by atoms with Crippen molar-refractivity contribution in [1.82, 2.24) is 0 Å². The van der Waals surface area contributed by atoms with Crippen LogP contribution >= 0.6 is 0 Å². The Kier molecular flexibility index (Phi) is 21.4. The molecule has 0 spiro atoms. The number of hydrogen-bond acceptors (Lipinski definition) is 2. The smallest absolute Gasteiger partial charge is 0.321 e. The lowest BCUT2D eigenvalue weighted by Crippen LogP contribution is -2.39. The van der Waals surface area contributed by atoms with E-state index in [1.54, 1.807) is 0 Å². The SMILES string of the molecule is CCCCCCCCCCCCC(CCCCCCCC)(C(=O)O)C(=O)O.[MgH2]. The van der Waals surface area contributed by atoms with Crippen LogP contribution in [0, 0.1) is 5.41 Å². The fourth-order valence-electron chi connectivity index (χ4n) is 3.77. The van der Waals surface area contributed by atoms with Gasteiger partial charge in [0.05, 0.1) is 0 Å². The summed E-state index contributed by atoms with van der Waals surface area (Å²) in [6, 6.07) is 0. The van der Waals surface area contributed by atoms with Gasteiger partial charge in [0, 0.05) is 0 Å². The molecular formula is C23H46MgO4. The Morgan fingerprint density at radius 3 is 1.04 bits per heavy atom. The van der Waals surface area contributed by atoms with E-state index < -0.39 is 17.4 Å². The molecule has 0 amide bonds. The van der Waals surface area contributed by atoms with Crippen LogP contribution in [0.1, 0.15) is 129 Å². The highest BCUT2D eigenvalue weighted by Gasteiger charge is 2.45. The molecule has 164 valence electrons. The Balaban J connectivity index is 0. The third-order valence-corrected chi connectivity index (χ3v) is 5.73. The summed E-state index contributed by atoms with van der Waals surface area (Å²) in [5, 5.41) is 19.2. The monoisotopic (exact) mass is 410 g/mol. The summed E-state index contributed by atoms with van der Waals surface area (Å²) in [5.74, 6) is -2.31. The van der Waals surface area contributed by atoms with Gasteiger partial charge >= 0.3 is 35.0 Å². The standard InChI is InChI=1S/C23H44O4.Mg.2H/c1-3-5-7-9-11-12-13-14-16-18-20-23(21(24)25,22(26)27)19-17-15-10-8-6-4-2;;;/h3-20H2,1-2H3,(H,24,25)(H,26,27);;;. The molecule has 0 aliphatic carbocycles. The number of unbranched alkanes of at least 4 members (excludes halogenated alkanes) is 14. The second kappa shape index (κ2) is 20.0. The molecule has 0 aromatic heterocycles. The lowest BCUT2D eigenvalue weighted by Gasteiger charge is -2.25. The summed E-state index contributed by atoms with van der Waals surface area (Å²) in [5.41, 5.74) is -1.58. The van der Waals surface area contributed by atoms with Crippen LogP contribution in [-0.4, -0.2) is 45.2 Å². The van der Waals surface area contributed by atoms with Crippen LogP contribution in [0.5, 0.6) is 0 Å². The molecule has 5 heteroatoms. The van der Waals surface area contributed by atoms with Gasteiger partial charge in [0.1, 0.15) is 0 Å². The second-order valence-electron chi connectivity index (χ2n) is 8.14. The zero-order valence-corrected chi connectivity index (χ0v) is 17.9. The molecule has 4 nitrogen and oxygen atoms in total. The molecule has 0 saturated heterocycles. The van der Waals surface area contributed by atoms with Crippen LogP contribution in [0.3, 0.4) is 0 Å². The highest BCUT2D eigenvalue weighted by molar-refractivity contribution is 5.98. The first-order valence-corrected chi connectivity index (χ1v) is 11.5. The molecule has 0 fully saturated rings. The molecule has 28 heavy (non-hydrogen) atoms. The Bertz CT molecular complexity index is 371. The average molecular weight is 411 g/mol. The molecule has 0 rings (SSSR count). The molecule has 0 unspecified atom stereocenters. The summed E-state index contributed by atoms with van der Waals surface area (Å²) >= 11 is 0. The van der Waals surface area contributed by atoms with Crippen LogP contribution in [0.4, 0.5) is 0 Å². The van der Waals surface area contributed by atoms with Crippen molar-refractivity contribution in [3.05, 3.63) is 0 Å². The van der Waals surface area contributed by atoms with Crippen molar-refractivity contribution < 1.29 is 19.8 Å². The van der Waals surface area contributed by atoms with Gasteiger partial charge < -0.3 is 10.2 Å². The van der Waals surface area contributed by atoms with Gasteiger partial charge in [-0.2, -0.15) is 0 Å². The van der Waals surface area contributed by atoms with E-state index >= 15 is 0 Å². The maximum Gasteiger partial charge on any atom is 0.321 e. The third-order valence-electron chi connectivity index (χ3n) is 5.73. The molecule has 0 heterocycles. The van der Waals surface area contributed by atoms with Gasteiger partial charge in [-0.05, 0) is 12.8 Å². The number of rotatable bonds is 20. The van der Waals surface area contributed by atoms with Crippen molar-refractivity contribution >= 4 is 35.0 Å². The number of carboxylic acids is 2. The maximum atomic E-state index is 11.7. The Morgan fingerprint density at radius 1 is 0.536 bits per heavy atom. The highest BCUT2D eigenvalue weighted by atomic mass is 24.3. The first kappa shape index (κ1) is 29.9. The predicted octanol–water partition coefficient (Wildman–Crippen LogP) is 6.29. The number of carboxylic acid groups (broad SMARTS) is 2. The summed E-state index contributed by atoms with van der Waals surface area (Å²) in [7, 11) is 0.